The van der Waals surface area contributed by atoms with Gasteiger partial charge < -0.3 is 5.73 Å². The second-order valence-electron chi connectivity index (χ2n) is 2.33. The number of hydrogen-bond donors (Lipinski definition) is 2. The van der Waals surface area contributed by atoms with Crippen LogP contribution in [0, 0.1) is 5.41 Å². The number of nitrogens with one attached hydrogen (secondary N) is 1. The summed E-state index contributed by atoms with van der Waals surface area (Å²) < 4.78 is 0. The first-order valence-electron chi connectivity index (χ1n) is 3.29. The molecule has 1 unspecified atom stereocenters. The Morgan fingerprint density at radius 3 is 2.70 bits per heavy atom. The van der Waals surface area contributed by atoms with Crippen LogP contribution >= 0.6 is 0 Å². The molecule has 1 atom stereocenters. The molecule has 1 aliphatic rings. The van der Waals surface area contributed by atoms with Gasteiger partial charge in [0.2, 0.25) is 0 Å². The summed E-state index contributed by atoms with van der Waals surface area (Å²) in [5.41, 5.74) is 4.85. The molecule has 0 bridgehead atoms. The van der Waals surface area contributed by atoms with Crippen molar-refractivity contribution in [2.75, 3.05) is 0 Å². The smallest absolute Gasteiger partial charge is 0.135 e. The van der Waals surface area contributed by atoms with E-state index in [2.05, 4.69) is 4.99 Å². The molecule has 0 fully saturated rings. The lowest BCUT2D eigenvalue weighted by Gasteiger charge is -2.19. The summed E-state index contributed by atoms with van der Waals surface area (Å²) >= 11 is 0. The van der Waals surface area contributed by atoms with Crippen LogP contribution in [0.3, 0.4) is 0 Å². The minimum atomic E-state index is -0.514. The van der Waals surface area contributed by atoms with Gasteiger partial charge in [-0.1, -0.05) is 6.92 Å². The normalized spacial score (nSPS) is 29.3. The maximum Gasteiger partial charge on any atom is 0.135 e. The first kappa shape index (κ1) is 6.99. The largest absolute Gasteiger partial charge is 0.385 e. The molecular weight excluding hydrogens is 126 g/mol. The molecule has 0 spiro atoms. The van der Waals surface area contributed by atoms with Gasteiger partial charge in [0.05, 0.1) is 0 Å². The van der Waals surface area contributed by atoms with Gasteiger partial charge in [-0.3, -0.25) is 10.4 Å². The van der Waals surface area contributed by atoms with Crippen LogP contribution in [0.15, 0.2) is 17.1 Å². The predicted octanol–water partition coefficient (Wildman–Crippen LogP) is 0.712. The highest BCUT2D eigenvalue weighted by molar-refractivity contribution is 5.95. The highest BCUT2D eigenvalue weighted by Gasteiger charge is 2.28. The van der Waals surface area contributed by atoms with Crippen LogP contribution in [0.25, 0.3) is 0 Å². The molecule has 0 amide bonds. The lowest BCUT2D eigenvalue weighted by atomic mass is 9.97. The Labute approximate surface area is 60.2 Å². The number of allylic oxidation sites excluding steroid dienone is 1. The van der Waals surface area contributed by atoms with Gasteiger partial charge in [-0.05, 0) is 18.6 Å². The Morgan fingerprint density at radius 2 is 2.50 bits per heavy atom. The zero-order valence-electron chi connectivity index (χ0n) is 5.96. The summed E-state index contributed by atoms with van der Waals surface area (Å²) in [4.78, 5) is 4.10. The summed E-state index contributed by atoms with van der Waals surface area (Å²) in [7, 11) is 0. The average Bonchev–Trinajstić information content (AvgIpc) is 2.35. The van der Waals surface area contributed by atoms with Crippen LogP contribution in [0.2, 0.25) is 0 Å². The zero-order chi connectivity index (χ0) is 7.61. The topological polar surface area (TPSA) is 62.2 Å². The quantitative estimate of drug-likeness (QED) is 0.427. The Kier molecular flexibility index (Phi) is 1.57. The monoisotopic (exact) mass is 137 g/mol. The van der Waals surface area contributed by atoms with E-state index >= 15 is 0 Å². The van der Waals surface area contributed by atoms with Crippen molar-refractivity contribution in [2.24, 2.45) is 10.7 Å². The Hall–Kier alpha value is -1.12. The van der Waals surface area contributed by atoms with E-state index < -0.39 is 5.54 Å². The van der Waals surface area contributed by atoms with E-state index in [1.807, 2.05) is 19.1 Å². The van der Waals surface area contributed by atoms with Crippen LogP contribution in [0.4, 0.5) is 0 Å². The second kappa shape index (κ2) is 2.25. The van der Waals surface area contributed by atoms with Gasteiger partial charge in [0.15, 0.2) is 0 Å². The molecule has 0 aromatic rings. The molecule has 0 aromatic heterocycles. The van der Waals surface area contributed by atoms with E-state index in [0.29, 0.717) is 0 Å². The van der Waals surface area contributed by atoms with Crippen molar-refractivity contribution in [2.45, 2.75) is 18.9 Å². The standard InChI is InChI=1S/C7H11N3/c1-2-7(6(8)9)4-3-5-10-7/h3-5H,2H2,1H3,(H3,8,9). The summed E-state index contributed by atoms with van der Waals surface area (Å²) in [6, 6.07) is 0. The maximum atomic E-state index is 7.25. The van der Waals surface area contributed by atoms with Crippen molar-refractivity contribution < 1.29 is 0 Å². The van der Waals surface area contributed by atoms with Crippen LogP contribution in [0.1, 0.15) is 13.3 Å². The zero-order valence-corrected chi connectivity index (χ0v) is 5.96. The van der Waals surface area contributed by atoms with E-state index in [1.165, 1.54) is 0 Å². The summed E-state index contributed by atoms with van der Waals surface area (Å²) in [5, 5.41) is 7.25. The Bertz CT molecular complexity index is 191. The van der Waals surface area contributed by atoms with Crippen LogP contribution in [-0.2, 0) is 0 Å². The molecule has 3 heteroatoms. The van der Waals surface area contributed by atoms with Gasteiger partial charge >= 0.3 is 0 Å². The Balaban J connectivity index is 2.90. The van der Waals surface area contributed by atoms with Crippen molar-refractivity contribution >= 4 is 12.1 Å². The highest BCUT2D eigenvalue weighted by Crippen LogP contribution is 2.20. The second-order valence-corrected chi connectivity index (χ2v) is 2.33. The number of nitrogens with zero attached hydrogens (tertiary/aromatic N) is 1. The van der Waals surface area contributed by atoms with Gasteiger partial charge in [0, 0.05) is 6.21 Å². The average molecular weight is 137 g/mol. The molecule has 3 N–H and O–H groups in total. The van der Waals surface area contributed by atoms with Crippen LogP contribution < -0.4 is 5.73 Å². The molecule has 3 nitrogen and oxygen atoms in total. The van der Waals surface area contributed by atoms with Gasteiger partial charge in [0.1, 0.15) is 11.4 Å². The molecule has 0 aliphatic carbocycles. The third-order valence-corrected chi connectivity index (χ3v) is 1.77. The van der Waals surface area contributed by atoms with Crippen molar-refractivity contribution in [3.8, 4) is 0 Å². The Morgan fingerprint density at radius 1 is 1.80 bits per heavy atom. The first-order chi connectivity index (χ1) is 4.71. The summed E-state index contributed by atoms with van der Waals surface area (Å²) in [6.07, 6.45) is 6.13. The van der Waals surface area contributed by atoms with Crippen molar-refractivity contribution in [1.29, 1.82) is 5.41 Å². The first-order valence-corrected chi connectivity index (χ1v) is 3.29. The molecule has 0 radical (unpaired) electrons. The van der Waals surface area contributed by atoms with Gasteiger partial charge in [-0.15, -0.1) is 0 Å². The van der Waals surface area contributed by atoms with Gasteiger partial charge in [-0.2, -0.15) is 0 Å². The molecule has 1 heterocycles. The fourth-order valence-electron chi connectivity index (χ4n) is 0.980. The molecule has 1 rings (SSSR count). The van der Waals surface area contributed by atoms with E-state index in [1.54, 1.807) is 6.21 Å². The van der Waals surface area contributed by atoms with Crippen molar-refractivity contribution in [1.82, 2.24) is 0 Å². The number of rotatable bonds is 2. The van der Waals surface area contributed by atoms with E-state index in [0.717, 1.165) is 6.42 Å². The lowest BCUT2D eigenvalue weighted by Crippen LogP contribution is -2.37. The molecular formula is C7H11N3. The minimum Gasteiger partial charge on any atom is -0.385 e. The van der Waals surface area contributed by atoms with Crippen molar-refractivity contribution in [3.63, 3.8) is 0 Å². The summed E-state index contributed by atoms with van der Waals surface area (Å²) in [6.45, 7) is 1.97. The third kappa shape index (κ3) is 0.835. The maximum absolute atomic E-state index is 7.25. The van der Waals surface area contributed by atoms with E-state index in [4.69, 9.17) is 11.1 Å². The summed E-state index contributed by atoms with van der Waals surface area (Å²) in [5.74, 6) is 0.125. The fraction of sp³-hybridized carbons (Fsp3) is 0.429. The molecule has 1 aliphatic heterocycles. The number of hydrogen-bond acceptors (Lipinski definition) is 2. The molecule has 0 saturated carbocycles. The van der Waals surface area contributed by atoms with Crippen molar-refractivity contribution in [3.05, 3.63) is 12.2 Å². The molecule has 0 saturated heterocycles. The van der Waals surface area contributed by atoms with Gasteiger partial charge in [-0.25, -0.2) is 0 Å². The lowest BCUT2D eigenvalue weighted by molar-refractivity contribution is 0.674. The fourth-order valence-corrected chi connectivity index (χ4v) is 0.980. The van der Waals surface area contributed by atoms with E-state index in [9.17, 15) is 0 Å². The van der Waals surface area contributed by atoms with Crippen LogP contribution in [-0.4, -0.2) is 17.6 Å². The van der Waals surface area contributed by atoms with Crippen LogP contribution in [0.5, 0.6) is 0 Å². The van der Waals surface area contributed by atoms with E-state index in [-0.39, 0.29) is 5.84 Å². The van der Waals surface area contributed by atoms with Gasteiger partial charge in [0.25, 0.3) is 0 Å². The molecule has 10 heavy (non-hydrogen) atoms. The number of aliphatic imine (C=N–C) groups is 1. The third-order valence-electron chi connectivity index (χ3n) is 1.77. The molecule has 0 aromatic carbocycles. The molecule has 54 valence electrons. The number of nitrogens with two attached hydrogens (primary N) is 1. The SMILES string of the molecule is CCC1(C(=N)N)C=CC=N1. The number of amidine groups is 1. The highest BCUT2D eigenvalue weighted by atomic mass is 14.9. The predicted molar refractivity (Wildman–Crippen MR) is 42.6 cm³/mol. The minimum absolute atomic E-state index is 0.125.